The summed E-state index contributed by atoms with van der Waals surface area (Å²) in [6.07, 6.45) is -10.00. The lowest BCUT2D eigenvalue weighted by Gasteiger charge is -2.13. The van der Waals surface area contributed by atoms with Gasteiger partial charge >= 0.3 is 18.3 Å². The Balaban J connectivity index is 2.59. The molecule has 1 heterocycles. The van der Waals surface area contributed by atoms with Crippen molar-refractivity contribution in [3.63, 3.8) is 0 Å². The van der Waals surface area contributed by atoms with E-state index in [-0.39, 0.29) is 24.1 Å². The third-order valence-electron chi connectivity index (χ3n) is 3.09. The number of nitrogens with zero attached hydrogens (tertiary/aromatic N) is 1. The van der Waals surface area contributed by atoms with E-state index in [4.69, 9.17) is 4.42 Å². The van der Waals surface area contributed by atoms with Crippen molar-refractivity contribution in [1.29, 1.82) is 0 Å². The molecule has 136 valence electrons. The summed E-state index contributed by atoms with van der Waals surface area (Å²) in [7, 11) is 0. The molecule has 0 unspecified atom stereocenters. The standard InChI is InChI=1S/C15H11F6NO3/c1-3-24-13(23)11-7(2)22-12(25-11)8-4-9(14(16,17)18)6-10(5-8)15(19,20)21/h4-6H,3H2,1-2H3. The minimum Gasteiger partial charge on any atom is -0.460 e. The van der Waals surface area contributed by atoms with Gasteiger partial charge in [-0.1, -0.05) is 0 Å². The molecule has 0 radical (unpaired) electrons. The molecule has 0 aliphatic heterocycles. The molecule has 0 spiro atoms. The molecule has 0 atom stereocenters. The second kappa shape index (κ2) is 6.41. The van der Waals surface area contributed by atoms with E-state index < -0.39 is 40.9 Å². The van der Waals surface area contributed by atoms with Crippen LogP contribution in [0.3, 0.4) is 0 Å². The number of halogens is 6. The van der Waals surface area contributed by atoms with E-state index in [1.54, 1.807) is 0 Å². The molecule has 10 heteroatoms. The zero-order valence-corrected chi connectivity index (χ0v) is 12.9. The maximum Gasteiger partial charge on any atom is 0.416 e. The van der Waals surface area contributed by atoms with Gasteiger partial charge in [0, 0.05) is 5.56 Å². The molecular weight excluding hydrogens is 356 g/mol. The molecule has 1 aromatic heterocycles. The first-order chi connectivity index (χ1) is 11.4. The van der Waals surface area contributed by atoms with Crippen molar-refractivity contribution < 1.29 is 40.3 Å². The van der Waals surface area contributed by atoms with Crippen LogP contribution in [0.25, 0.3) is 11.5 Å². The molecule has 0 aliphatic rings. The summed E-state index contributed by atoms with van der Waals surface area (Å²) in [5, 5.41) is 0. The number of aromatic nitrogens is 1. The van der Waals surface area contributed by atoms with Crippen LogP contribution in [0.5, 0.6) is 0 Å². The molecule has 4 nitrogen and oxygen atoms in total. The summed E-state index contributed by atoms with van der Waals surface area (Å²) in [5.41, 5.74) is -3.59. The van der Waals surface area contributed by atoms with Crippen molar-refractivity contribution in [2.45, 2.75) is 26.2 Å². The minimum atomic E-state index is -5.00. The molecule has 0 aliphatic carbocycles. The van der Waals surface area contributed by atoms with Gasteiger partial charge in [0.25, 0.3) is 0 Å². The average Bonchev–Trinajstić information content (AvgIpc) is 2.87. The molecule has 0 saturated heterocycles. The van der Waals surface area contributed by atoms with E-state index in [0.29, 0.717) is 12.1 Å². The third-order valence-corrected chi connectivity index (χ3v) is 3.09. The highest BCUT2D eigenvalue weighted by Gasteiger charge is 2.37. The van der Waals surface area contributed by atoms with Gasteiger partial charge in [0.05, 0.1) is 23.4 Å². The van der Waals surface area contributed by atoms with Gasteiger partial charge in [0.1, 0.15) is 0 Å². The number of aryl methyl sites for hydroxylation is 1. The zero-order valence-electron chi connectivity index (χ0n) is 12.9. The summed E-state index contributed by atoms with van der Waals surface area (Å²) in [4.78, 5) is 15.4. The van der Waals surface area contributed by atoms with Gasteiger partial charge in [-0.05, 0) is 32.0 Å². The summed E-state index contributed by atoms with van der Waals surface area (Å²) < 4.78 is 86.9. The van der Waals surface area contributed by atoms with Gasteiger partial charge in [-0.15, -0.1) is 0 Å². The van der Waals surface area contributed by atoms with Crippen molar-refractivity contribution in [2.24, 2.45) is 0 Å². The highest BCUT2D eigenvalue weighted by Crippen LogP contribution is 2.38. The van der Waals surface area contributed by atoms with Crippen molar-refractivity contribution >= 4 is 5.97 Å². The number of benzene rings is 1. The van der Waals surface area contributed by atoms with E-state index in [0.717, 1.165) is 0 Å². The Hall–Kier alpha value is -2.52. The second-order valence-corrected chi connectivity index (χ2v) is 4.95. The van der Waals surface area contributed by atoms with E-state index in [2.05, 4.69) is 9.72 Å². The lowest BCUT2D eigenvalue weighted by Crippen LogP contribution is -2.11. The van der Waals surface area contributed by atoms with Gasteiger partial charge in [-0.2, -0.15) is 26.3 Å². The molecule has 0 N–H and O–H groups in total. The Morgan fingerprint density at radius 2 is 1.60 bits per heavy atom. The van der Waals surface area contributed by atoms with Crippen molar-refractivity contribution in [3.05, 3.63) is 40.8 Å². The quantitative estimate of drug-likeness (QED) is 0.574. The molecule has 2 rings (SSSR count). The topological polar surface area (TPSA) is 52.3 Å². The monoisotopic (exact) mass is 367 g/mol. The van der Waals surface area contributed by atoms with Crippen LogP contribution in [0.15, 0.2) is 22.6 Å². The van der Waals surface area contributed by atoms with Crippen LogP contribution in [0.1, 0.15) is 34.3 Å². The number of carbonyl (C=O) groups excluding carboxylic acids is 1. The average molecular weight is 367 g/mol. The second-order valence-electron chi connectivity index (χ2n) is 4.95. The van der Waals surface area contributed by atoms with Gasteiger partial charge in [0.2, 0.25) is 11.7 Å². The van der Waals surface area contributed by atoms with Crippen LogP contribution >= 0.6 is 0 Å². The van der Waals surface area contributed by atoms with Crippen LogP contribution in [-0.4, -0.2) is 17.6 Å². The first kappa shape index (κ1) is 18.8. The van der Waals surface area contributed by atoms with Gasteiger partial charge in [-0.3, -0.25) is 0 Å². The number of ether oxygens (including phenoxy) is 1. The molecule has 0 saturated carbocycles. The third kappa shape index (κ3) is 4.12. The first-order valence-corrected chi connectivity index (χ1v) is 6.88. The SMILES string of the molecule is CCOC(=O)c1oc(-c2cc(C(F)(F)F)cc(C(F)(F)F)c2)nc1C. The highest BCUT2D eigenvalue weighted by atomic mass is 19.4. The maximum absolute atomic E-state index is 12.9. The predicted molar refractivity (Wildman–Crippen MR) is 72.6 cm³/mol. The van der Waals surface area contributed by atoms with Gasteiger partial charge in [-0.25, -0.2) is 9.78 Å². The Kier molecular flexibility index (Phi) is 4.83. The van der Waals surface area contributed by atoms with Gasteiger partial charge < -0.3 is 9.15 Å². The molecule has 1 aromatic carbocycles. The lowest BCUT2D eigenvalue weighted by molar-refractivity contribution is -0.143. The summed E-state index contributed by atoms with van der Waals surface area (Å²) in [6.45, 7) is 2.85. The normalized spacial score (nSPS) is 12.3. The summed E-state index contributed by atoms with van der Waals surface area (Å²) in [5.74, 6) is -1.85. The van der Waals surface area contributed by atoms with Crippen LogP contribution in [-0.2, 0) is 17.1 Å². The van der Waals surface area contributed by atoms with Gasteiger partial charge in [0.15, 0.2) is 0 Å². The number of rotatable bonds is 3. The maximum atomic E-state index is 12.9. The summed E-state index contributed by atoms with van der Waals surface area (Å²) >= 11 is 0. The van der Waals surface area contributed by atoms with Crippen LogP contribution in [0.4, 0.5) is 26.3 Å². The fourth-order valence-electron chi connectivity index (χ4n) is 1.98. The lowest BCUT2D eigenvalue weighted by atomic mass is 10.0. The van der Waals surface area contributed by atoms with E-state index in [1.165, 1.54) is 13.8 Å². The van der Waals surface area contributed by atoms with Crippen LogP contribution in [0.2, 0.25) is 0 Å². The number of hydrogen-bond acceptors (Lipinski definition) is 4. The van der Waals surface area contributed by atoms with Crippen molar-refractivity contribution in [2.75, 3.05) is 6.61 Å². The molecule has 0 amide bonds. The Morgan fingerprint density at radius 3 is 2.04 bits per heavy atom. The molecule has 25 heavy (non-hydrogen) atoms. The smallest absolute Gasteiger partial charge is 0.416 e. The largest absolute Gasteiger partial charge is 0.460 e. The van der Waals surface area contributed by atoms with E-state index in [1.807, 2.05) is 0 Å². The summed E-state index contributed by atoms with van der Waals surface area (Å²) in [6, 6.07) is 0.927. The van der Waals surface area contributed by atoms with Crippen LogP contribution in [0, 0.1) is 6.92 Å². The minimum absolute atomic E-state index is 0.00838. The Morgan fingerprint density at radius 1 is 1.08 bits per heavy atom. The Labute approximate surface area is 137 Å². The van der Waals surface area contributed by atoms with Crippen molar-refractivity contribution in [3.8, 4) is 11.5 Å². The fraction of sp³-hybridized carbons (Fsp3) is 0.333. The number of esters is 1. The van der Waals surface area contributed by atoms with Crippen LogP contribution < -0.4 is 0 Å². The fourth-order valence-corrected chi connectivity index (χ4v) is 1.98. The molecule has 0 fully saturated rings. The van der Waals surface area contributed by atoms with E-state index in [9.17, 15) is 31.1 Å². The number of carbonyl (C=O) groups is 1. The number of alkyl halides is 6. The predicted octanol–water partition coefficient (Wildman–Crippen LogP) is 4.86. The van der Waals surface area contributed by atoms with Crippen molar-refractivity contribution in [1.82, 2.24) is 4.98 Å². The number of oxazole rings is 1. The highest BCUT2D eigenvalue weighted by molar-refractivity contribution is 5.88. The van der Waals surface area contributed by atoms with E-state index >= 15 is 0 Å². The zero-order chi connectivity index (χ0) is 19.0. The Bertz CT molecular complexity index is 759. The molecule has 0 bridgehead atoms. The molecular formula is C15H11F6NO3. The first-order valence-electron chi connectivity index (χ1n) is 6.88. The molecule has 2 aromatic rings. The number of hydrogen-bond donors (Lipinski definition) is 0.